The number of carbonyl (C=O) groups excluding carboxylic acids is 1. The minimum absolute atomic E-state index is 0.0632. The predicted octanol–water partition coefficient (Wildman–Crippen LogP) is 5.75. The molecule has 33 heavy (non-hydrogen) atoms. The van der Waals surface area contributed by atoms with Crippen LogP contribution in [0.3, 0.4) is 0 Å². The molecular formula is C24H22ClN3O4S. The van der Waals surface area contributed by atoms with Crippen molar-refractivity contribution in [1.29, 1.82) is 0 Å². The monoisotopic (exact) mass is 483 g/mol. The first-order valence-corrected chi connectivity index (χ1v) is 11.8. The second kappa shape index (κ2) is 9.13. The lowest BCUT2D eigenvalue weighted by Gasteiger charge is -2.23. The number of aryl methyl sites for hydroxylation is 1. The second-order valence-electron chi connectivity index (χ2n) is 7.80. The van der Waals surface area contributed by atoms with Crippen molar-refractivity contribution >= 4 is 44.2 Å². The molecule has 1 aliphatic rings. The molecule has 2 aromatic heterocycles. The van der Waals surface area contributed by atoms with Gasteiger partial charge in [0.15, 0.2) is 5.13 Å². The number of amides is 1. The highest BCUT2D eigenvalue weighted by molar-refractivity contribution is 7.22. The Morgan fingerprint density at radius 2 is 2.12 bits per heavy atom. The van der Waals surface area contributed by atoms with Gasteiger partial charge in [-0.2, -0.15) is 0 Å². The van der Waals surface area contributed by atoms with Gasteiger partial charge in [0.2, 0.25) is 0 Å². The molecule has 1 fully saturated rings. The van der Waals surface area contributed by atoms with Gasteiger partial charge in [-0.15, -0.1) is 0 Å². The summed E-state index contributed by atoms with van der Waals surface area (Å²) >= 11 is 7.85. The highest BCUT2D eigenvalue weighted by Crippen LogP contribution is 2.37. The Morgan fingerprint density at radius 1 is 1.27 bits per heavy atom. The third-order valence-corrected chi connectivity index (χ3v) is 7.06. The fraction of sp³-hybridized carbons (Fsp3) is 0.292. The van der Waals surface area contributed by atoms with Crippen LogP contribution in [0.25, 0.3) is 21.5 Å². The van der Waals surface area contributed by atoms with Crippen molar-refractivity contribution in [2.24, 2.45) is 0 Å². The molecule has 2 aromatic carbocycles. The van der Waals surface area contributed by atoms with Crippen LogP contribution in [-0.4, -0.2) is 42.4 Å². The number of aromatic nitrogens is 2. The quantitative estimate of drug-likeness (QED) is 0.347. The van der Waals surface area contributed by atoms with Crippen molar-refractivity contribution in [1.82, 2.24) is 10.1 Å². The summed E-state index contributed by atoms with van der Waals surface area (Å²) in [6.45, 7) is 2.80. The van der Waals surface area contributed by atoms with E-state index < -0.39 is 0 Å². The lowest BCUT2D eigenvalue weighted by Crippen LogP contribution is -2.37. The van der Waals surface area contributed by atoms with Crippen LogP contribution in [0.4, 0.5) is 5.13 Å². The standard InChI is InChI=1S/C24H22ClN3O4S/c1-14-20(21(27-32-14)16-8-3-4-9-17(16)25)23(29)28(13-15-7-6-12-31-15)24-26-22-18(30-2)10-5-11-19(22)33-24/h3-5,8-11,15H,6-7,12-13H2,1-2H3/t15-/m1/s1. The number of anilines is 1. The van der Waals surface area contributed by atoms with E-state index in [0.717, 1.165) is 23.1 Å². The maximum absolute atomic E-state index is 14.0. The molecule has 1 saturated heterocycles. The summed E-state index contributed by atoms with van der Waals surface area (Å²) in [6.07, 6.45) is 1.79. The molecule has 0 spiro atoms. The highest BCUT2D eigenvalue weighted by atomic mass is 35.5. The van der Waals surface area contributed by atoms with E-state index in [9.17, 15) is 4.79 Å². The van der Waals surface area contributed by atoms with E-state index >= 15 is 0 Å². The van der Waals surface area contributed by atoms with Crippen molar-refractivity contribution in [3.8, 4) is 17.0 Å². The number of carbonyl (C=O) groups is 1. The van der Waals surface area contributed by atoms with Crippen LogP contribution in [0.1, 0.15) is 29.0 Å². The largest absolute Gasteiger partial charge is 0.494 e. The smallest absolute Gasteiger partial charge is 0.266 e. The number of methoxy groups -OCH3 is 1. The summed E-state index contributed by atoms with van der Waals surface area (Å²) in [7, 11) is 1.61. The summed E-state index contributed by atoms with van der Waals surface area (Å²) in [5.74, 6) is 0.834. The van der Waals surface area contributed by atoms with Crippen LogP contribution in [0.2, 0.25) is 5.02 Å². The SMILES string of the molecule is COc1cccc2sc(N(C[C@H]3CCCO3)C(=O)c3c(-c4ccccc4Cl)noc3C)nc12. The summed E-state index contributed by atoms with van der Waals surface area (Å²) in [5.41, 5.74) is 2.15. The molecule has 0 aliphatic carbocycles. The topological polar surface area (TPSA) is 77.7 Å². The van der Waals surface area contributed by atoms with E-state index in [1.165, 1.54) is 11.3 Å². The van der Waals surface area contributed by atoms with E-state index in [1.54, 1.807) is 25.0 Å². The number of thiazole rings is 1. The predicted molar refractivity (Wildman–Crippen MR) is 129 cm³/mol. The Balaban J connectivity index is 1.61. The van der Waals surface area contributed by atoms with Crippen molar-refractivity contribution < 1.29 is 18.8 Å². The van der Waals surface area contributed by atoms with Crippen molar-refractivity contribution in [3.05, 3.63) is 58.8 Å². The first kappa shape index (κ1) is 21.9. The van der Waals surface area contributed by atoms with Crippen molar-refractivity contribution in [2.45, 2.75) is 25.9 Å². The minimum atomic E-state index is -0.253. The number of hydrogen-bond donors (Lipinski definition) is 0. The molecule has 0 unspecified atom stereocenters. The molecule has 0 N–H and O–H groups in total. The first-order valence-electron chi connectivity index (χ1n) is 10.6. The fourth-order valence-electron chi connectivity index (χ4n) is 4.03. The highest BCUT2D eigenvalue weighted by Gasteiger charge is 2.32. The summed E-state index contributed by atoms with van der Waals surface area (Å²) in [6, 6.07) is 13.0. The molecule has 9 heteroatoms. The minimum Gasteiger partial charge on any atom is -0.494 e. The zero-order valence-electron chi connectivity index (χ0n) is 18.2. The van der Waals surface area contributed by atoms with Gasteiger partial charge < -0.3 is 14.0 Å². The Morgan fingerprint density at radius 3 is 2.88 bits per heavy atom. The summed E-state index contributed by atoms with van der Waals surface area (Å²) in [5, 5.41) is 5.24. The number of hydrogen-bond acceptors (Lipinski definition) is 7. The molecule has 5 rings (SSSR count). The Kier molecular flexibility index (Phi) is 6.05. The molecular weight excluding hydrogens is 462 g/mol. The molecule has 1 atom stereocenters. The molecule has 170 valence electrons. The van der Waals surface area contributed by atoms with Crippen LogP contribution in [-0.2, 0) is 4.74 Å². The zero-order chi connectivity index (χ0) is 22.9. The zero-order valence-corrected chi connectivity index (χ0v) is 19.8. The molecule has 0 saturated carbocycles. The van der Waals surface area contributed by atoms with E-state index in [4.69, 9.17) is 30.6 Å². The van der Waals surface area contributed by atoms with E-state index in [0.29, 0.717) is 51.6 Å². The van der Waals surface area contributed by atoms with Crippen LogP contribution in [0, 0.1) is 6.92 Å². The average molecular weight is 484 g/mol. The van der Waals surface area contributed by atoms with Crippen LogP contribution < -0.4 is 9.64 Å². The van der Waals surface area contributed by atoms with Gasteiger partial charge in [-0.05, 0) is 38.0 Å². The van der Waals surface area contributed by atoms with Gasteiger partial charge >= 0.3 is 0 Å². The summed E-state index contributed by atoms with van der Waals surface area (Å²) < 4.78 is 17.7. The number of nitrogens with zero attached hydrogens (tertiary/aromatic N) is 3. The van der Waals surface area contributed by atoms with Gasteiger partial charge in [-0.25, -0.2) is 4.98 Å². The lowest BCUT2D eigenvalue weighted by molar-refractivity contribution is 0.0916. The first-order chi connectivity index (χ1) is 16.1. The van der Waals surface area contributed by atoms with E-state index in [-0.39, 0.29) is 12.0 Å². The van der Waals surface area contributed by atoms with E-state index in [1.807, 2.05) is 36.4 Å². The van der Waals surface area contributed by atoms with Crippen LogP contribution in [0.5, 0.6) is 5.75 Å². The second-order valence-corrected chi connectivity index (χ2v) is 9.21. The Hall–Kier alpha value is -2.94. The maximum Gasteiger partial charge on any atom is 0.266 e. The number of para-hydroxylation sites is 1. The van der Waals surface area contributed by atoms with Gasteiger partial charge in [0.05, 0.1) is 29.5 Å². The number of ether oxygens (including phenoxy) is 2. The van der Waals surface area contributed by atoms with Gasteiger partial charge in [-0.3, -0.25) is 9.69 Å². The van der Waals surface area contributed by atoms with Crippen LogP contribution in [0.15, 0.2) is 47.0 Å². The third-order valence-electron chi connectivity index (χ3n) is 5.68. The number of rotatable bonds is 6. The van der Waals surface area contributed by atoms with Crippen molar-refractivity contribution in [3.63, 3.8) is 0 Å². The third kappa shape index (κ3) is 4.10. The molecule has 1 amide bonds. The molecule has 1 aliphatic heterocycles. The maximum atomic E-state index is 14.0. The Bertz CT molecular complexity index is 1310. The van der Waals surface area contributed by atoms with Gasteiger partial charge in [0.25, 0.3) is 5.91 Å². The Labute approximate surface area is 199 Å². The van der Waals surface area contributed by atoms with Gasteiger partial charge in [0, 0.05) is 12.2 Å². The number of fused-ring (bicyclic) bond motifs is 1. The van der Waals surface area contributed by atoms with E-state index in [2.05, 4.69) is 5.16 Å². The summed E-state index contributed by atoms with van der Waals surface area (Å²) in [4.78, 5) is 20.5. The fourth-order valence-corrected chi connectivity index (χ4v) is 5.24. The van der Waals surface area contributed by atoms with Gasteiger partial charge in [-0.1, -0.05) is 52.4 Å². The molecule has 3 heterocycles. The molecule has 7 nitrogen and oxygen atoms in total. The number of halogens is 1. The lowest BCUT2D eigenvalue weighted by atomic mass is 10.0. The average Bonchev–Trinajstić information content (AvgIpc) is 3.56. The van der Waals surface area contributed by atoms with Crippen LogP contribution >= 0.6 is 22.9 Å². The molecule has 0 bridgehead atoms. The molecule has 0 radical (unpaired) electrons. The normalized spacial score (nSPS) is 15.8. The van der Waals surface area contributed by atoms with Gasteiger partial charge in [0.1, 0.15) is 28.3 Å². The van der Waals surface area contributed by atoms with Crippen molar-refractivity contribution in [2.75, 3.05) is 25.2 Å². The number of benzene rings is 2. The molecule has 4 aromatic rings.